The Bertz CT molecular complexity index is 913. The summed E-state index contributed by atoms with van der Waals surface area (Å²) in [6.07, 6.45) is 3.64. The molecule has 0 fully saturated rings. The van der Waals surface area contributed by atoms with E-state index < -0.39 is 5.95 Å². The van der Waals surface area contributed by atoms with Crippen LogP contribution in [0.3, 0.4) is 0 Å². The minimum atomic E-state index is -0.518. The maximum atomic E-state index is 13.1. The van der Waals surface area contributed by atoms with Crippen LogP contribution in [0.1, 0.15) is 11.1 Å². The fourth-order valence-electron chi connectivity index (χ4n) is 2.40. The lowest BCUT2D eigenvalue weighted by Gasteiger charge is -2.11. The average molecular weight is 403 g/mol. The van der Waals surface area contributed by atoms with Crippen LogP contribution in [0.25, 0.3) is 0 Å². The smallest absolute Gasteiger partial charge is 0.268 e. The lowest BCUT2D eigenvalue weighted by molar-refractivity contribution is 0.302. The van der Waals surface area contributed by atoms with Gasteiger partial charge in [-0.2, -0.15) is 4.39 Å². The molecule has 0 saturated carbocycles. The SMILES string of the molecule is O=c1c(Br)c(OCc2ccccc2)ccn1CCc1ccnc(F)c1. The lowest BCUT2D eigenvalue weighted by Crippen LogP contribution is -2.21. The van der Waals surface area contributed by atoms with E-state index in [-0.39, 0.29) is 5.56 Å². The number of ether oxygens (including phenoxy) is 1. The highest BCUT2D eigenvalue weighted by molar-refractivity contribution is 9.10. The molecule has 6 heteroatoms. The second-order valence-corrected chi connectivity index (χ2v) is 6.30. The van der Waals surface area contributed by atoms with Crippen LogP contribution in [0, 0.1) is 5.95 Å². The van der Waals surface area contributed by atoms with E-state index in [2.05, 4.69) is 20.9 Å². The molecular formula is C19H16BrFN2O2. The van der Waals surface area contributed by atoms with E-state index in [1.807, 2.05) is 30.3 Å². The maximum Gasteiger partial charge on any atom is 0.268 e. The van der Waals surface area contributed by atoms with Crippen LogP contribution in [0.2, 0.25) is 0 Å². The van der Waals surface area contributed by atoms with Crippen molar-refractivity contribution in [1.29, 1.82) is 0 Å². The zero-order chi connectivity index (χ0) is 17.6. The van der Waals surface area contributed by atoms with Gasteiger partial charge >= 0.3 is 0 Å². The Morgan fingerprint density at radius 1 is 1.12 bits per heavy atom. The first-order chi connectivity index (χ1) is 12.1. The molecule has 0 aliphatic carbocycles. The largest absolute Gasteiger partial charge is 0.487 e. The highest BCUT2D eigenvalue weighted by Gasteiger charge is 2.09. The van der Waals surface area contributed by atoms with Crippen molar-refractivity contribution in [3.63, 3.8) is 0 Å². The zero-order valence-electron chi connectivity index (χ0n) is 13.4. The second-order valence-electron chi connectivity index (χ2n) is 5.50. The molecule has 0 aliphatic heterocycles. The standard InChI is InChI=1S/C19H16BrFN2O2/c20-18-16(25-13-15-4-2-1-3-5-15)8-11-23(19(18)24)10-7-14-6-9-22-17(21)12-14/h1-6,8-9,11-12H,7,10,13H2. The van der Waals surface area contributed by atoms with Crippen LogP contribution in [-0.2, 0) is 19.6 Å². The van der Waals surface area contributed by atoms with Crippen LogP contribution in [-0.4, -0.2) is 9.55 Å². The Balaban J connectivity index is 1.68. The van der Waals surface area contributed by atoms with Gasteiger partial charge in [-0.05, 0) is 51.7 Å². The molecule has 3 aromatic rings. The number of aryl methyl sites for hydroxylation is 2. The highest BCUT2D eigenvalue weighted by atomic mass is 79.9. The minimum absolute atomic E-state index is 0.180. The van der Waals surface area contributed by atoms with E-state index in [9.17, 15) is 9.18 Å². The molecule has 1 aromatic carbocycles. The zero-order valence-corrected chi connectivity index (χ0v) is 14.9. The van der Waals surface area contributed by atoms with Crippen LogP contribution in [0.15, 0.2) is 70.2 Å². The van der Waals surface area contributed by atoms with Crippen molar-refractivity contribution in [1.82, 2.24) is 9.55 Å². The Morgan fingerprint density at radius 2 is 1.92 bits per heavy atom. The number of hydrogen-bond donors (Lipinski definition) is 0. The van der Waals surface area contributed by atoms with Crippen LogP contribution in [0.5, 0.6) is 5.75 Å². The summed E-state index contributed by atoms with van der Waals surface area (Å²) in [7, 11) is 0. The summed E-state index contributed by atoms with van der Waals surface area (Å²) < 4.78 is 20.8. The number of nitrogens with zero attached hydrogens (tertiary/aromatic N) is 2. The van der Waals surface area contributed by atoms with E-state index in [0.717, 1.165) is 11.1 Å². The van der Waals surface area contributed by atoms with Crippen LogP contribution < -0.4 is 10.3 Å². The summed E-state index contributed by atoms with van der Waals surface area (Å²) in [6.45, 7) is 0.832. The summed E-state index contributed by atoms with van der Waals surface area (Å²) in [5, 5.41) is 0. The Hall–Kier alpha value is -2.47. The molecule has 128 valence electrons. The number of halogens is 2. The van der Waals surface area contributed by atoms with Gasteiger partial charge in [-0.3, -0.25) is 4.79 Å². The van der Waals surface area contributed by atoms with E-state index in [1.165, 1.54) is 12.3 Å². The predicted octanol–water partition coefficient (Wildman–Crippen LogP) is 3.97. The Labute approximate surface area is 153 Å². The molecule has 0 amide bonds. The third kappa shape index (κ3) is 4.54. The molecule has 4 nitrogen and oxygen atoms in total. The van der Waals surface area contributed by atoms with E-state index in [4.69, 9.17) is 4.74 Å². The normalized spacial score (nSPS) is 10.6. The van der Waals surface area contributed by atoms with E-state index in [1.54, 1.807) is 22.9 Å². The maximum absolute atomic E-state index is 13.1. The molecule has 0 radical (unpaired) electrons. The van der Waals surface area contributed by atoms with Gasteiger partial charge in [0.1, 0.15) is 16.8 Å². The number of hydrogen-bond acceptors (Lipinski definition) is 3. The fourth-order valence-corrected chi connectivity index (χ4v) is 2.87. The molecule has 0 unspecified atom stereocenters. The first-order valence-electron chi connectivity index (χ1n) is 7.79. The van der Waals surface area contributed by atoms with Gasteiger partial charge in [0.15, 0.2) is 0 Å². The number of benzene rings is 1. The molecule has 0 saturated heterocycles. The number of pyridine rings is 2. The van der Waals surface area contributed by atoms with Crippen molar-refractivity contribution in [2.24, 2.45) is 0 Å². The third-order valence-corrected chi connectivity index (χ3v) is 4.47. The summed E-state index contributed by atoms with van der Waals surface area (Å²) in [6, 6.07) is 14.6. The van der Waals surface area contributed by atoms with E-state index in [0.29, 0.717) is 29.8 Å². The van der Waals surface area contributed by atoms with Gasteiger partial charge in [-0.1, -0.05) is 30.3 Å². The molecule has 0 bridgehead atoms. The molecule has 3 rings (SSSR count). The van der Waals surface area contributed by atoms with Crippen molar-refractivity contribution in [2.75, 3.05) is 0 Å². The predicted molar refractivity (Wildman–Crippen MR) is 97.1 cm³/mol. The Kier molecular flexibility index (Phi) is 5.60. The fraction of sp³-hybridized carbons (Fsp3) is 0.158. The molecule has 0 aliphatic rings. The first-order valence-corrected chi connectivity index (χ1v) is 8.59. The monoisotopic (exact) mass is 402 g/mol. The summed E-state index contributed by atoms with van der Waals surface area (Å²) in [5.74, 6) is -0.0178. The van der Waals surface area contributed by atoms with Crippen molar-refractivity contribution >= 4 is 15.9 Å². The molecule has 2 heterocycles. The van der Waals surface area contributed by atoms with Gasteiger partial charge < -0.3 is 9.30 Å². The van der Waals surface area contributed by atoms with Gasteiger partial charge in [0.2, 0.25) is 5.95 Å². The van der Waals surface area contributed by atoms with Gasteiger partial charge in [-0.25, -0.2) is 4.98 Å². The van der Waals surface area contributed by atoms with Crippen LogP contribution >= 0.6 is 15.9 Å². The van der Waals surface area contributed by atoms with Crippen molar-refractivity contribution in [3.05, 3.63) is 92.8 Å². The van der Waals surface area contributed by atoms with Gasteiger partial charge in [0.25, 0.3) is 5.56 Å². The lowest BCUT2D eigenvalue weighted by atomic mass is 10.2. The first kappa shape index (κ1) is 17.4. The second kappa shape index (κ2) is 8.07. The topological polar surface area (TPSA) is 44.1 Å². The van der Waals surface area contributed by atoms with Crippen molar-refractivity contribution < 1.29 is 9.13 Å². The summed E-state index contributed by atoms with van der Waals surface area (Å²) in [4.78, 5) is 16.0. The summed E-state index contributed by atoms with van der Waals surface area (Å²) in [5.41, 5.74) is 1.64. The molecular weight excluding hydrogens is 387 g/mol. The van der Waals surface area contributed by atoms with Gasteiger partial charge in [0, 0.05) is 18.9 Å². The average Bonchev–Trinajstić information content (AvgIpc) is 2.63. The third-order valence-electron chi connectivity index (χ3n) is 3.74. The van der Waals surface area contributed by atoms with Gasteiger partial charge in [0.05, 0.1) is 0 Å². The molecule has 2 aromatic heterocycles. The molecule has 0 spiro atoms. The quantitative estimate of drug-likeness (QED) is 0.586. The molecule has 25 heavy (non-hydrogen) atoms. The van der Waals surface area contributed by atoms with Crippen molar-refractivity contribution in [2.45, 2.75) is 19.6 Å². The number of rotatable bonds is 6. The minimum Gasteiger partial charge on any atom is -0.487 e. The van der Waals surface area contributed by atoms with Gasteiger partial charge in [-0.15, -0.1) is 0 Å². The summed E-state index contributed by atoms with van der Waals surface area (Å²) >= 11 is 3.31. The van der Waals surface area contributed by atoms with E-state index >= 15 is 0 Å². The highest BCUT2D eigenvalue weighted by Crippen LogP contribution is 2.21. The number of aromatic nitrogens is 2. The van der Waals surface area contributed by atoms with Crippen molar-refractivity contribution in [3.8, 4) is 5.75 Å². The molecule has 0 N–H and O–H groups in total. The Morgan fingerprint density at radius 3 is 2.68 bits per heavy atom. The van der Waals surface area contributed by atoms with Crippen LogP contribution in [0.4, 0.5) is 4.39 Å². The molecule has 0 atom stereocenters.